The smallest absolute Gasteiger partial charge is 0.258 e. The van der Waals surface area contributed by atoms with Crippen LogP contribution in [0, 0.1) is 5.82 Å². The van der Waals surface area contributed by atoms with Crippen molar-refractivity contribution in [2.24, 2.45) is 0 Å². The molecule has 0 saturated carbocycles. The van der Waals surface area contributed by atoms with Gasteiger partial charge in [0.15, 0.2) is 11.5 Å². The fourth-order valence-electron chi connectivity index (χ4n) is 1.99. The van der Waals surface area contributed by atoms with Crippen molar-refractivity contribution in [3.63, 3.8) is 0 Å². The van der Waals surface area contributed by atoms with Gasteiger partial charge in [0.2, 0.25) is 0 Å². The lowest BCUT2D eigenvalue weighted by atomic mass is 10.2. The topological polar surface area (TPSA) is 47.6 Å². The predicted molar refractivity (Wildman–Crippen MR) is 76.8 cm³/mol. The summed E-state index contributed by atoms with van der Waals surface area (Å²) in [6.45, 7) is 0.944. The van der Waals surface area contributed by atoms with Crippen LogP contribution in [0.15, 0.2) is 36.4 Å². The van der Waals surface area contributed by atoms with Gasteiger partial charge in [-0.15, -0.1) is 0 Å². The maximum Gasteiger partial charge on any atom is 0.258 e. The molecular weight excluding hydrogens is 297 g/mol. The van der Waals surface area contributed by atoms with Gasteiger partial charge in [-0.1, -0.05) is 11.6 Å². The SMILES string of the molecule is O=C(Nc1ccc2c(c1)OCCO2)c1cc(Cl)ccc1F. The van der Waals surface area contributed by atoms with Crippen molar-refractivity contribution >= 4 is 23.2 Å². The molecule has 1 aliphatic rings. The van der Waals surface area contributed by atoms with Crippen LogP contribution in [0.25, 0.3) is 0 Å². The van der Waals surface area contributed by atoms with Gasteiger partial charge in [-0.25, -0.2) is 4.39 Å². The van der Waals surface area contributed by atoms with Crippen LogP contribution in [0.3, 0.4) is 0 Å². The number of hydrogen-bond donors (Lipinski definition) is 1. The first kappa shape index (κ1) is 13.7. The van der Waals surface area contributed by atoms with E-state index in [0.717, 1.165) is 6.07 Å². The fraction of sp³-hybridized carbons (Fsp3) is 0.133. The van der Waals surface area contributed by atoms with E-state index in [0.29, 0.717) is 35.4 Å². The highest BCUT2D eigenvalue weighted by Crippen LogP contribution is 2.32. The van der Waals surface area contributed by atoms with E-state index in [4.69, 9.17) is 21.1 Å². The summed E-state index contributed by atoms with van der Waals surface area (Å²) in [7, 11) is 0. The highest BCUT2D eigenvalue weighted by atomic mass is 35.5. The van der Waals surface area contributed by atoms with Gasteiger partial charge in [0.05, 0.1) is 5.56 Å². The minimum absolute atomic E-state index is 0.114. The molecule has 21 heavy (non-hydrogen) atoms. The lowest BCUT2D eigenvalue weighted by molar-refractivity contribution is 0.102. The first-order valence-electron chi connectivity index (χ1n) is 6.29. The summed E-state index contributed by atoms with van der Waals surface area (Å²) in [4.78, 5) is 12.1. The second kappa shape index (κ2) is 5.61. The molecule has 2 aromatic carbocycles. The monoisotopic (exact) mass is 307 g/mol. The number of halogens is 2. The summed E-state index contributed by atoms with van der Waals surface area (Å²) in [6.07, 6.45) is 0. The van der Waals surface area contributed by atoms with Crippen LogP contribution < -0.4 is 14.8 Å². The van der Waals surface area contributed by atoms with Crippen molar-refractivity contribution < 1.29 is 18.7 Å². The maximum absolute atomic E-state index is 13.6. The lowest BCUT2D eigenvalue weighted by Gasteiger charge is -2.19. The molecule has 0 fully saturated rings. The van der Waals surface area contributed by atoms with Crippen molar-refractivity contribution in [1.82, 2.24) is 0 Å². The molecule has 2 aromatic rings. The van der Waals surface area contributed by atoms with Gasteiger partial charge >= 0.3 is 0 Å². The number of carbonyl (C=O) groups is 1. The van der Waals surface area contributed by atoms with Gasteiger partial charge in [0.25, 0.3) is 5.91 Å². The minimum atomic E-state index is -0.630. The van der Waals surface area contributed by atoms with E-state index in [2.05, 4.69) is 5.32 Å². The number of nitrogens with one attached hydrogen (secondary N) is 1. The Hall–Kier alpha value is -2.27. The third kappa shape index (κ3) is 2.92. The standard InChI is InChI=1S/C15H11ClFNO3/c16-9-1-3-12(17)11(7-9)15(19)18-10-2-4-13-14(8-10)21-6-5-20-13/h1-4,7-8H,5-6H2,(H,18,19). The number of fused-ring (bicyclic) bond motifs is 1. The number of amides is 1. The third-order valence-corrected chi connectivity index (χ3v) is 3.21. The van der Waals surface area contributed by atoms with Crippen LogP contribution in [0.2, 0.25) is 5.02 Å². The number of hydrogen-bond acceptors (Lipinski definition) is 3. The van der Waals surface area contributed by atoms with Crippen LogP contribution in [0.5, 0.6) is 11.5 Å². The van der Waals surface area contributed by atoms with Crippen molar-refractivity contribution in [3.05, 3.63) is 52.8 Å². The molecule has 0 spiro atoms. The van der Waals surface area contributed by atoms with Gasteiger partial charge in [0.1, 0.15) is 19.0 Å². The quantitative estimate of drug-likeness (QED) is 0.923. The Morgan fingerprint density at radius 2 is 1.86 bits per heavy atom. The first-order valence-corrected chi connectivity index (χ1v) is 6.67. The van der Waals surface area contributed by atoms with E-state index >= 15 is 0 Å². The van der Waals surface area contributed by atoms with Gasteiger partial charge in [0, 0.05) is 16.8 Å². The highest BCUT2D eigenvalue weighted by molar-refractivity contribution is 6.31. The van der Waals surface area contributed by atoms with Crippen molar-refractivity contribution in [1.29, 1.82) is 0 Å². The molecule has 0 bridgehead atoms. The molecular formula is C15H11ClFNO3. The van der Waals surface area contributed by atoms with E-state index < -0.39 is 11.7 Å². The van der Waals surface area contributed by atoms with E-state index in [-0.39, 0.29) is 5.56 Å². The fourth-order valence-corrected chi connectivity index (χ4v) is 2.16. The number of benzene rings is 2. The summed E-state index contributed by atoms with van der Waals surface area (Å²) in [5.74, 6) is -0.0417. The van der Waals surface area contributed by atoms with E-state index in [9.17, 15) is 9.18 Å². The zero-order chi connectivity index (χ0) is 14.8. The predicted octanol–water partition coefficient (Wildman–Crippen LogP) is 3.50. The Bertz CT molecular complexity index is 705. The molecule has 1 aliphatic heterocycles. The zero-order valence-corrected chi connectivity index (χ0v) is 11.6. The molecule has 6 heteroatoms. The third-order valence-electron chi connectivity index (χ3n) is 2.97. The second-order valence-electron chi connectivity index (χ2n) is 4.44. The van der Waals surface area contributed by atoms with Crippen molar-refractivity contribution in [3.8, 4) is 11.5 Å². The molecule has 1 amide bonds. The Balaban J connectivity index is 1.83. The highest BCUT2D eigenvalue weighted by Gasteiger charge is 2.15. The van der Waals surface area contributed by atoms with E-state index in [1.165, 1.54) is 12.1 Å². The normalized spacial score (nSPS) is 12.9. The van der Waals surface area contributed by atoms with Crippen LogP contribution in [0.4, 0.5) is 10.1 Å². The molecule has 0 unspecified atom stereocenters. The molecule has 4 nitrogen and oxygen atoms in total. The summed E-state index contributed by atoms with van der Waals surface area (Å²) >= 11 is 5.78. The van der Waals surface area contributed by atoms with Crippen LogP contribution in [-0.4, -0.2) is 19.1 Å². The Morgan fingerprint density at radius 3 is 2.67 bits per heavy atom. The molecule has 0 atom stereocenters. The van der Waals surface area contributed by atoms with Crippen LogP contribution in [-0.2, 0) is 0 Å². The molecule has 0 radical (unpaired) electrons. The second-order valence-corrected chi connectivity index (χ2v) is 4.87. The Morgan fingerprint density at radius 1 is 1.10 bits per heavy atom. The van der Waals surface area contributed by atoms with Crippen LogP contribution in [0.1, 0.15) is 10.4 Å². The summed E-state index contributed by atoms with van der Waals surface area (Å²) in [5.41, 5.74) is 0.376. The largest absolute Gasteiger partial charge is 0.486 e. The van der Waals surface area contributed by atoms with Crippen molar-refractivity contribution in [2.45, 2.75) is 0 Å². The number of ether oxygens (including phenoxy) is 2. The van der Waals surface area contributed by atoms with E-state index in [1.807, 2.05) is 0 Å². The average molecular weight is 308 g/mol. The Kier molecular flexibility index (Phi) is 3.66. The molecule has 3 rings (SSSR count). The van der Waals surface area contributed by atoms with E-state index in [1.54, 1.807) is 18.2 Å². The summed E-state index contributed by atoms with van der Waals surface area (Å²) in [6, 6.07) is 8.81. The first-order chi connectivity index (χ1) is 10.1. The zero-order valence-electron chi connectivity index (χ0n) is 10.9. The van der Waals surface area contributed by atoms with Gasteiger partial charge in [-0.05, 0) is 30.3 Å². The van der Waals surface area contributed by atoms with Gasteiger partial charge in [-0.2, -0.15) is 0 Å². The lowest BCUT2D eigenvalue weighted by Crippen LogP contribution is -2.17. The molecule has 1 heterocycles. The van der Waals surface area contributed by atoms with Crippen LogP contribution >= 0.6 is 11.6 Å². The Labute approximate surface area is 125 Å². The average Bonchev–Trinajstić information content (AvgIpc) is 2.49. The van der Waals surface area contributed by atoms with Gasteiger partial charge < -0.3 is 14.8 Å². The maximum atomic E-state index is 13.6. The summed E-state index contributed by atoms with van der Waals surface area (Å²) < 4.78 is 24.4. The summed E-state index contributed by atoms with van der Waals surface area (Å²) in [5, 5.41) is 2.90. The molecule has 0 saturated heterocycles. The molecule has 1 N–H and O–H groups in total. The van der Waals surface area contributed by atoms with Gasteiger partial charge in [-0.3, -0.25) is 4.79 Å². The number of rotatable bonds is 2. The van der Waals surface area contributed by atoms with Crippen molar-refractivity contribution in [2.75, 3.05) is 18.5 Å². The number of carbonyl (C=O) groups excluding carboxylic acids is 1. The molecule has 108 valence electrons. The number of anilines is 1. The minimum Gasteiger partial charge on any atom is -0.486 e. The molecule has 0 aliphatic carbocycles. The molecule has 0 aromatic heterocycles.